The smallest absolute Gasteiger partial charge is 0.262 e. The molecule has 3 heterocycles. The van der Waals surface area contributed by atoms with Gasteiger partial charge in [-0.05, 0) is 43.2 Å². The molecule has 0 saturated carbocycles. The van der Waals surface area contributed by atoms with Crippen LogP contribution in [0.1, 0.15) is 41.4 Å². The van der Waals surface area contributed by atoms with Crippen LogP contribution in [-0.4, -0.2) is 37.7 Å². The number of carbonyl (C=O) groups is 1. The highest BCUT2D eigenvalue weighted by molar-refractivity contribution is 6.00. The molecule has 4 aromatic rings. The van der Waals surface area contributed by atoms with Crippen LogP contribution < -0.4 is 16.0 Å². The van der Waals surface area contributed by atoms with Gasteiger partial charge in [0, 0.05) is 17.4 Å². The van der Waals surface area contributed by atoms with Crippen LogP contribution in [0.4, 0.5) is 17.5 Å². The number of hydrogen-bond donors (Lipinski definition) is 4. The van der Waals surface area contributed by atoms with Gasteiger partial charge in [0.2, 0.25) is 5.95 Å². The molecule has 10 heteroatoms. The lowest BCUT2D eigenvalue weighted by atomic mass is 9.94. The van der Waals surface area contributed by atoms with E-state index in [9.17, 15) is 9.90 Å². The van der Waals surface area contributed by atoms with E-state index < -0.39 is 11.6 Å². The minimum absolute atomic E-state index is 0.0887. The number of aliphatic hydroxyl groups excluding tert-OH is 1. The van der Waals surface area contributed by atoms with E-state index in [1.54, 1.807) is 12.3 Å². The zero-order valence-electron chi connectivity index (χ0n) is 18.6. The number of amides is 1. The predicted molar refractivity (Wildman–Crippen MR) is 125 cm³/mol. The number of carbonyl (C=O) groups excluding carboxylic acids is 1. The van der Waals surface area contributed by atoms with Gasteiger partial charge in [0.1, 0.15) is 11.4 Å². The third-order valence-corrected chi connectivity index (χ3v) is 5.70. The zero-order chi connectivity index (χ0) is 23.7. The van der Waals surface area contributed by atoms with E-state index >= 15 is 0 Å². The number of fused-ring (bicyclic) bond motifs is 1. The molecule has 0 saturated heterocycles. The number of nitrogens with one attached hydrogen (secondary N) is 3. The Morgan fingerprint density at radius 1 is 1.12 bits per heavy atom. The fourth-order valence-electron chi connectivity index (χ4n) is 3.97. The molecule has 172 valence electrons. The highest BCUT2D eigenvalue weighted by Gasteiger charge is 2.35. The summed E-state index contributed by atoms with van der Waals surface area (Å²) in [4.78, 5) is 25.3. The highest BCUT2D eigenvalue weighted by Crippen LogP contribution is 2.34. The Hall–Kier alpha value is -4.31. The fraction of sp³-hybridized carbons (Fsp3) is 0.208. The number of aromatic nitrogens is 4. The number of nitrogens with zero attached hydrogens (tertiary/aromatic N) is 4. The van der Waals surface area contributed by atoms with E-state index in [0.717, 1.165) is 16.8 Å². The lowest BCUT2D eigenvalue weighted by Crippen LogP contribution is -2.32. The Bertz CT molecular complexity index is 1320. The Kier molecular flexibility index (Phi) is 5.42. The summed E-state index contributed by atoms with van der Waals surface area (Å²) in [6.07, 6.45) is 2.88. The van der Waals surface area contributed by atoms with Crippen LogP contribution in [0.3, 0.4) is 0 Å². The first-order valence-electron chi connectivity index (χ1n) is 10.7. The molecule has 4 N–H and O–H groups in total. The van der Waals surface area contributed by atoms with Gasteiger partial charge in [-0.1, -0.05) is 35.5 Å². The van der Waals surface area contributed by atoms with Gasteiger partial charge in [-0.15, -0.1) is 0 Å². The molecule has 0 aliphatic carbocycles. The average Bonchev–Trinajstić information content (AvgIpc) is 3.44. The maximum Gasteiger partial charge on any atom is 0.262 e. The summed E-state index contributed by atoms with van der Waals surface area (Å²) >= 11 is 0. The van der Waals surface area contributed by atoms with Gasteiger partial charge in [-0.3, -0.25) is 4.79 Å². The lowest BCUT2D eigenvalue weighted by molar-refractivity contribution is 0.0940. The van der Waals surface area contributed by atoms with Crippen LogP contribution in [0.25, 0.3) is 11.5 Å². The minimum Gasteiger partial charge on any atom is -0.394 e. The number of hydrogen-bond acceptors (Lipinski definition) is 9. The summed E-state index contributed by atoms with van der Waals surface area (Å²) in [7, 11) is 0. The maximum atomic E-state index is 12.2. The molecule has 0 radical (unpaired) electrons. The maximum absolute atomic E-state index is 12.2. The summed E-state index contributed by atoms with van der Waals surface area (Å²) in [5, 5.41) is 23.1. The second-order valence-corrected chi connectivity index (χ2v) is 8.46. The second-order valence-electron chi connectivity index (χ2n) is 8.46. The lowest BCUT2D eigenvalue weighted by Gasteiger charge is -2.20. The van der Waals surface area contributed by atoms with E-state index in [4.69, 9.17) is 4.52 Å². The molecule has 1 atom stereocenters. The average molecular weight is 457 g/mol. The largest absolute Gasteiger partial charge is 0.394 e. The highest BCUT2D eigenvalue weighted by atomic mass is 16.5. The van der Waals surface area contributed by atoms with Gasteiger partial charge in [0.15, 0.2) is 6.33 Å². The van der Waals surface area contributed by atoms with E-state index in [-0.39, 0.29) is 18.4 Å². The summed E-state index contributed by atoms with van der Waals surface area (Å²) in [5.41, 5.74) is 3.22. The van der Waals surface area contributed by atoms with Crippen molar-refractivity contribution in [1.29, 1.82) is 0 Å². The first-order chi connectivity index (χ1) is 16.4. The minimum atomic E-state index is -0.469. The van der Waals surface area contributed by atoms with Crippen LogP contribution in [0.2, 0.25) is 0 Å². The zero-order valence-corrected chi connectivity index (χ0v) is 18.6. The van der Waals surface area contributed by atoms with Crippen LogP contribution in [0.15, 0.2) is 65.6 Å². The Labute approximate surface area is 195 Å². The van der Waals surface area contributed by atoms with Gasteiger partial charge in [-0.25, -0.2) is 4.98 Å². The van der Waals surface area contributed by atoms with Gasteiger partial charge in [0.25, 0.3) is 11.8 Å². The molecular weight excluding hydrogens is 434 g/mol. The van der Waals surface area contributed by atoms with E-state index in [2.05, 4.69) is 36.1 Å². The van der Waals surface area contributed by atoms with Crippen molar-refractivity contribution < 1.29 is 14.4 Å². The van der Waals surface area contributed by atoms with Gasteiger partial charge in [0.05, 0.1) is 18.2 Å². The van der Waals surface area contributed by atoms with Crippen molar-refractivity contribution >= 4 is 23.4 Å². The van der Waals surface area contributed by atoms with E-state index in [0.29, 0.717) is 22.9 Å². The molecule has 2 aromatic carbocycles. The molecule has 1 aliphatic rings. The monoisotopic (exact) mass is 457 g/mol. The summed E-state index contributed by atoms with van der Waals surface area (Å²) in [5.74, 6) is 0.908. The summed E-state index contributed by atoms with van der Waals surface area (Å²) < 4.78 is 5.22. The van der Waals surface area contributed by atoms with Gasteiger partial charge >= 0.3 is 0 Å². The Balaban J connectivity index is 1.48. The molecule has 0 spiro atoms. The Morgan fingerprint density at radius 3 is 2.68 bits per heavy atom. The van der Waals surface area contributed by atoms with Crippen LogP contribution in [-0.2, 0) is 5.54 Å². The topological polar surface area (TPSA) is 138 Å². The van der Waals surface area contributed by atoms with Crippen molar-refractivity contribution in [3.8, 4) is 11.5 Å². The van der Waals surface area contributed by atoms with Crippen molar-refractivity contribution in [2.24, 2.45) is 0 Å². The number of aliphatic hydroxyl groups is 1. The molecule has 1 aliphatic heterocycles. The SMILES string of the molecule is CC1(C)NC(=O)c2ccc(Nc3ncc(-c4ncno4)c(N[C@H](CO)c4ccccc4)n3)cc21. The Morgan fingerprint density at radius 2 is 1.94 bits per heavy atom. The molecule has 2 aromatic heterocycles. The van der Waals surface area contributed by atoms with Crippen LogP contribution >= 0.6 is 0 Å². The van der Waals surface area contributed by atoms with Crippen molar-refractivity contribution in [3.05, 3.63) is 77.7 Å². The summed E-state index contributed by atoms with van der Waals surface area (Å²) in [6, 6.07) is 14.6. The molecule has 5 rings (SSSR count). The third-order valence-electron chi connectivity index (χ3n) is 5.70. The van der Waals surface area contributed by atoms with Crippen molar-refractivity contribution in [2.45, 2.75) is 25.4 Å². The van der Waals surface area contributed by atoms with Crippen molar-refractivity contribution in [3.63, 3.8) is 0 Å². The third kappa shape index (κ3) is 4.06. The summed E-state index contributed by atoms with van der Waals surface area (Å²) in [6.45, 7) is 3.76. The molecule has 10 nitrogen and oxygen atoms in total. The van der Waals surface area contributed by atoms with Gasteiger partial charge < -0.3 is 25.6 Å². The molecule has 0 bridgehead atoms. The van der Waals surface area contributed by atoms with Crippen LogP contribution in [0, 0.1) is 0 Å². The number of benzene rings is 2. The normalized spacial score (nSPS) is 14.9. The molecular formula is C24H23N7O3. The first kappa shape index (κ1) is 21.5. The quantitative estimate of drug-likeness (QED) is 0.329. The standard InChI is InChI=1S/C24H23N7O3/c1-24(2)18-10-15(8-9-16(18)21(33)31-24)28-23-25-11-17(22-26-13-27-34-22)20(30-23)29-19(12-32)14-6-4-3-5-7-14/h3-11,13,19,32H,12H2,1-2H3,(H,31,33)(H2,25,28,29,30)/t19-/m1/s1. The van der Waals surface area contributed by atoms with E-state index in [1.807, 2.05) is 56.3 Å². The molecule has 0 fully saturated rings. The number of rotatable bonds is 7. The number of anilines is 3. The van der Waals surface area contributed by atoms with Crippen LogP contribution in [0.5, 0.6) is 0 Å². The molecule has 34 heavy (non-hydrogen) atoms. The van der Waals surface area contributed by atoms with Gasteiger partial charge in [-0.2, -0.15) is 9.97 Å². The van der Waals surface area contributed by atoms with Crippen molar-refractivity contribution in [2.75, 3.05) is 17.2 Å². The fourth-order valence-corrected chi connectivity index (χ4v) is 3.97. The first-order valence-corrected chi connectivity index (χ1v) is 10.7. The second kappa shape index (κ2) is 8.56. The molecule has 1 amide bonds. The molecule has 0 unspecified atom stereocenters. The van der Waals surface area contributed by atoms with E-state index in [1.165, 1.54) is 6.33 Å². The predicted octanol–water partition coefficient (Wildman–Crippen LogP) is 3.39. The van der Waals surface area contributed by atoms with Crippen molar-refractivity contribution in [1.82, 2.24) is 25.4 Å².